The molecule has 1 N–H and O–H groups in total. The maximum Gasteiger partial charge on any atom is 0.348 e. The van der Waals surface area contributed by atoms with Crippen LogP contribution in [-0.4, -0.2) is 71.6 Å². The number of fused-ring (bicyclic) bond motifs is 1. The topological polar surface area (TPSA) is 79.7 Å². The molecule has 6 rings (SSSR count). The van der Waals surface area contributed by atoms with Crippen molar-refractivity contribution in [1.82, 2.24) is 19.4 Å². The van der Waals surface area contributed by atoms with Gasteiger partial charge < -0.3 is 15.0 Å². The lowest BCUT2D eigenvalue weighted by molar-refractivity contribution is -0.117. The van der Waals surface area contributed by atoms with Gasteiger partial charge in [-0.25, -0.2) is 4.79 Å². The Morgan fingerprint density at radius 2 is 1.83 bits per heavy atom. The third kappa shape index (κ3) is 6.38. The van der Waals surface area contributed by atoms with E-state index in [-0.39, 0.29) is 18.2 Å². The van der Waals surface area contributed by atoms with Crippen LogP contribution in [0.3, 0.4) is 0 Å². The van der Waals surface area contributed by atoms with Gasteiger partial charge in [-0.1, -0.05) is 42.3 Å². The standard InChI is InChI=1S/C34H35N5O3/c1-3-19-42-29-13-14-31-30(21-29)33(27-11-9-26(10-12-27)25-7-8-25)36-34(41)39(31)22-24-5-4-6-28(20-24)35-32(40)23-38-17-15-37(2)16-18-38/h1,4-6,9-14,20-21,25H,7-8,15-19,22-23H2,2H3,(H,35,40). The van der Waals surface area contributed by atoms with Crippen LogP contribution in [0, 0.1) is 12.3 Å². The molecule has 0 radical (unpaired) electrons. The molecule has 0 bridgehead atoms. The first kappa shape index (κ1) is 27.7. The molecule has 1 aromatic heterocycles. The zero-order chi connectivity index (χ0) is 29.1. The average molecular weight is 562 g/mol. The summed E-state index contributed by atoms with van der Waals surface area (Å²) in [7, 11) is 2.10. The van der Waals surface area contributed by atoms with E-state index in [2.05, 4.69) is 45.2 Å². The Balaban J connectivity index is 1.28. The van der Waals surface area contributed by atoms with Gasteiger partial charge in [0.1, 0.15) is 12.4 Å². The normalized spacial score (nSPS) is 15.8. The predicted molar refractivity (Wildman–Crippen MR) is 166 cm³/mol. The minimum Gasteiger partial charge on any atom is -0.481 e. The molecule has 42 heavy (non-hydrogen) atoms. The number of likely N-dealkylation sites (N-methyl/N-ethyl adjacent to an activating group) is 1. The Kier molecular flexibility index (Phi) is 8.04. The van der Waals surface area contributed by atoms with Crippen LogP contribution in [0.1, 0.15) is 29.9 Å². The summed E-state index contributed by atoms with van der Waals surface area (Å²) in [4.78, 5) is 35.2. The summed E-state index contributed by atoms with van der Waals surface area (Å²) in [6.45, 7) is 4.49. The number of amides is 1. The van der Waals surface area contributed by atoms with Gasteiger partial charge in [-0.2, -0.15) is 4.98 Å². The van der Waals surface area contributed by atoms with E-state index >= 15 is 0 Å². The predicted octanol–water partition coefficient (Wildman–Crippen LogP) is 4.19. The first-order valence-electron chi connectivity index (χ1n) is 14.5. The second-order valence-electron chi connectivity index (χ2n) is 11.2. The minimum absolute atomic E-state index is 0.0439. The molecule has 2 aliphatic rings. The van der Waals surface area contributed by atoms with E-state index in [1.807, 2.05) is 54.6 Å². The number of terminal acetylenes is 1. The van der Waals surface area contributed by atoms with Crippen LogP contribution in [0.15, 0.2) is 71.5 Å². The van der Waals surface area contributed by atoms with Gasteiger partial charge in [0.05, 0.1) is 24.3 Å². The summed E-state index contributed by atoms with van der Waals surface area (Å²) in [6.07, 6.45) is 7.87. The fourth-order valence-electron chi connectivity index (χ4n) is 5.52. The maximum atomic E-state index is 13.5. The van der Waals surface area contributed by atoms with Crippen LogP contribution in [0.5, 0.6) is 5.75 Å². The number of hydrogen-bond donors (Lipinski definition) is 1. The minimum atomic E-state index is -0.342. The van der Waals surface area contributed by atoms with Gasteiger partial charge in [-0.3, -0.25) is 14.3 Å². The molecule has 3 aromatic carbocycles. The van der Waals surface area contributed by atoms with E-state index < -0.39 is 0 Å². The molecule has 4 aromatic rings. The number of anilines is 1. The van der Waals surface area contributed by atoms with Crippen LogP contribution in [-0.2, 0) is 11.3 Å². The van der Waals surface area contributed by atoms with Crippen molar-refractivity contribution >= 4 is 22.5 Å². The first-order chi connectivity index (χ1) is 20.5. The number of nitrogens with one attached hydrogen (secondary N) is 1. The van der Waals surface area contributed by atoms with Gasteiger partial charge in [-0.05, 0) is 67.3 Å². The Labute approximate surface area is 245 Å². The SMILES string of the molecule is C#CCOc1ccc2c(c1)c(-c1ccc(C3CC3)cc1)nc(=O)n2Cc1cccc(NC(=O)CN2CCN(C)CC2)c1. The van der Waals surface area contributed by atoms with Gasteiger partial charge in [0.25, 0.3) is 0 Å². The van der Waals surface area contributed by atoms with E-state index in [9.17, 15) is 9.59 Å². The fourth-order valence-corrected chi connectivity index (χ4v) is 5.52. The smallest absolute Gasteiger partial charge is 0.348 e. The Hall–Kier alpha value is -4.45. The Bertz CT molecular complexity index is 1690. The van der Waals surface area contributed by atoms with Crippen LogP contribution in [0.4, 0.5) is 5.69 Å². The van der Waals surface area contributed by atoms with Crippen molar-refractivity contribution < 1.29 is 9.53 Å². The first-order valence-corrected chi connectivity index (χ1v) is 14.5. The highest BCUT2D eigenvalue weighted by Gasteiger charge is 2.23. The summed E-state index contributed by atoms with van der Waals surface area (Å²) >= 11 is 0. The molecule has 8 heteroatoms. The number of carbonyl (C=O) groups is 1. The molecule has 1 aliphatic heterocycles. The van der Waals surface area contributed by atoms with E-state index in [1.165, 1.54) is 18.4 Å². The molecule has 0 spiro atoms. The average Bonchev–Trinajstić information content (AvgIpc) is 3.85. The summed E-state index contributed by atoms with van der Waals surface area (Å²) in [5.41, 5.74) is 4.81. The summed E-state index contributed by atoms with van der Waals surface area (Å²) in [5.74, 6) is 3.72. The molecule has 1 aliphatic carbocycles. The highest BCUT2D eigenvalue weighted by Crippen LogP contribution is 2.40. The monoisotopic (exact) mass is 561 g/mol. The molecule has 2 fully saturated rings. The zero-order valence-electron chi connectivity index (χ0n) is 23.9. The number of aromatic nitrogens is 2. The summed E-state index contributed by atoms with van der Waals surface area (Å²) < 4.78 is 7.38. The lowest BCUT2D eigenvalue weighted by Crippen LogP contribution is -2.47. The third-order valence-electron chi connectivity index (χ3n) is 8.02. The van der Waals surface area contributed by atoms with Crippen molar-refractivity contribution in [3.63, 3.8) is 0 Å². The summed E-state index contributed by atoms with van der Waals surface area (Å²) in [6, 6.07) is 21.6. The van der Waals surface area contributed by atoms with Crippen molar-refractivity contribution in [3.8, 4) is 29.4 Å². The number of nitrogens with zero attached hydrogens (tertiary/aromatic N) is 4. The highest BCUT2D eigenvalue weighted by molar-refractivity contribution is 5.94. The molecule has 0 unspecified atom stereocenters. The van der Waals surface area contributed by atoms with E-state index in [1.54, 1.807) is 4.57 Å². The molecule has 1 saturated carbocycles. The molecule has 0 atom stereocenters. The number of carbonyl (C=O) groups excluding carboxylic acids is 1. The lowest BCUT2D eigenvalue weighted by Gasteiger charge is -2.31. The van der Waals surface area contributed by atoms with Crippen molar-refractivity contribution in [2.45, 2.75) is 25.3 Å². The second kappa shape index (κ2) is 12.2. The van der Waals surface area contributed by atoms with Gasteiger partial charge in [0.2, 0.25) is 5.91 Å². The number of benzene rings is 3. The van der Waals surface area contributed by atoms with Crippen LogP contribution < -0.4 is 15.7 Å². The van der Waals surface area contributed by atoms with E-state index in [0.717, 1.165) is 48.2 Å². The molecule has 8 nitrogen and oxygen atoms in total. The molecule has 2 heterocycles. The maximum absolute atomic E-state index is 13.5. The molecule has 214 valence electrons. The fraction of sp³-hybridized carbons (Fsp3) is 0.324. The van der Waals surface area contributed by atoms with E-state index in [4.69, 9.17) is 11.2 Å². The third-order valence-corrected chi connectivity index (χ3v) is 8.02. The molecule has 1 saturated heterocycles. The van der Waals surface area contributed by atoms with Gasteiger partial charge in [0.15, 0.2) is 0 Å². The molecular weight excluding hydrogens is 526 g/mol. The van der Waals surface area contributed by atoms with Gasteiger partial charge in [-0.15, -0.1) is 6.42 Å². The van der Waals surface area contributed by atoms with E-state index in [0.29, 0.717) is 36.1 Å². The lowest BCUT2D eigenvalue weighted by atomic mass is 10.0. The Morgan fingerprint density at radius 1 is 1.05 bits per heavy atom. The molecular formula is C34H35N5O3. The van der Waals surface area contributed by atoms with Crippen molar-refractivity contribution in [2.75, 3.05) is 51.7 Å². The van der Waals surface area contributed by atoms with Crippen LogP contribution in [0.25, 0.3) is 22.2 Å². The quantitative estimate of drug-likeness (QED) is 0.309. The number of piperazine rings is 1. The number of ether oxygens (including phenoxy) is 1. The summed E-state index contributed by atoms with van der Waals surface area (Å²) in [5, 5.41) is 3.83. The number of hydrogen-bond acceptors (Lipinski definition) is 6. The highest BCUT2D eigenvalue weighted by atomic mass is 16.5. The molecule has 1 amide bonds. The van der Waals surface area contributed by atoms with Crippen LogP contribution in [0.2, 0.25) is 0 Å². The van der Waals surface area contributed by atoms with Crippen molar-refractivity contribution in [3.05, 3.63) is 88.3 Å². The van der Waals surface area contributed by atoms with Gasteiger partial charge >= 0.3 is 5.69 Å². The Morgan fingerprint density at radius 3 is 2.57 bits per heavy atom. The zero-order valence-corrected chi connectivity index (χ0v) is 23.9. The second-order valence-corrected chi connectivity index (χ2v) is 11.2. The number of rotatable bonds is 9. The van der Waals surface area contributed by atoms with Crippen molar-refractivity contribution in [2.24, 2.45) is 0 Å². The largest absolute Gasteiger partial charge is 0.481 e. The van der Waals surface area contributed by atoms with Crippen LogP contribution >= 0.6 is 0 Å². The van der Waals surface area contributed by atoms with Gasteiger partial charge in [0, 0.05) is 42.8 Å². The van der Waals surface area contributed by atoms with Crippen molar-refractivity contribution in [1.29, 1.82) is 0 Å².